The minimum absolute atomic E-state index is 0.205. The second-order valence-corrected chi connectivity index (χ2v) is 2.08. The molecule has 0 N–H and O–H groups in total. The fraction of sp³-hybridized carbons (Fsp3) is 0. The van der Waals surface area contributed by atoms with Gasteiger partial charge in [-0.15, -0.1) is 0 Å². The van der Waals surface area contributed by atoms with E-state index in [1.165, 1.54) is 0 Å². The maximum atomic E-state index is 5.46. The Morgan fingerprint density at radius 3 is 2.25 bits per heavy atom. The molecular formula is C5H3Cl2O. The van der Waals surface area contributed by atoms with Crippen LogP contribution in [0.4, 0.5) is 0 Å². The van der Waals surface area contributed by atoms with E-state index < -0.39 is 0 Å². The molecular weight excluding hydrogens is 147 g/mol. The maximum Gasteiger partial charge on any atom is 0.212 e. The molecule has 0 spiro atoms. The van der Waals surface area contributed by atoms with E-state index in [2.05, 4.69) is 6.92 Å². The van der Waals surface area contributed by atoms with Crippen LogP contribution in [0.25, 0.3) is 0 Å². The molecule has 1 nitrogen and oxygen atoms in total. The predicted molar refractivity (Wildman–Crippen MR) is 33.2 cm³/mol. The van der Waals surface area contributed by atoms with Crippen molar-refractivity contribution in [3.8, 4) is 0 Å². The summed E-state index contributed by atoms with van der Waals surface area (Å²) in [7, 11) is 0. The Bertz CT molecular complexity index is 173. The Labute approximate surface area is 57.2 Å². The molecule has 1 rings (SSSR count). The minimum Gasteiger partial charge on any atom is -0.448 e. The molecule has 0 unspecified atom stereocenters. The molecule has 0 bridgehead atoms. The van der Waals surface area contributed by atoms with E-state index in [1.54, 1.807) is 6.07 Å². The Balaban J connectivity index is 3.14. The van der Waals surface area contributed by atoms with Crippen molar-refractivity contribution in [2.75, 3.05) is 0 Å². The summed E-state index contributed by atoms with van der Waals surface area (Å²) in [6.07, 6.45) is 0. The third kappa shape index (κ3) is 0.984. The highest BCUT2D eigenvalue weighted by molar-refractivity contribution is 6.40. The SMILES string of the molecule is [CH2]c1cc(Cl)c(Cl)o1. The quantitative estimate of drug-likeness (QED) is 0.554. The molecule has 8 heavy (non-hydrogen) atoms. The van der Waals surface area contributed by atoms with Crippen molar-refractivity contribution in [3.05, 3.63) is 29.0 Å². The number of halogens is 2. The molecule has 0 atom stereocenters. The fourth-order valence-electron chi connectivity index (χ4n) is 0.391. The topological polar surface area (TPSA) is 13.1 Å². The van der Waals surface area contributed by atoms with Gasteiger partial charge in [-0.05, 0) is 17.7 Å². The second kappa shape index (κ2) is 2.00. The normalized spacial score (nSPS) is 9.88. The first kappa shape index (κ1) is 5.99. The van der Waals surface area contributed by atoms with Crippen LogP contribution in [0.3, 0.4) is 0 Å². The maximum absolute atomic E-state index is 5.46. The van der Waals surface area contributed by atoms with Crippen molar-refractivity contribution in [1.82, 2.24) is 0 Å². The largest absolute Gasteiger partial charge is 0.448 e. The molecule has 0 aliphatic carbocycles. The van der Waals surface area contributed by atoms with Crippen LogP contribution in [0, 0.1) is 6.92 Å². The Morgan fingerprint density at radius 2 is 2.12 bits per heavy atom. The molecule has 0 saturated heterocycles. The van der Waals surface area contributed by atoms with E-state index in [0.29, 0.717) is 10.8 Å². The molecule has 3 heteroatoms. The van der Waals surface area contributed by atoms with Crippen LogP contribution in [0.5, 0.6) is 0 Å². The van der Waals surface area contributed by atoms with Gasteiger partial charge in [0.05, 0.1) is 5.02 Å². The van der Waals surface area contributed by atoms with Crippen molar-refractivity contribution in [2.45, 2.75) is 0 Å². The van der Waals surface area contributed by atoms with E-state index in [0.717, 1.165) is 0 Å². The number of hydrogen-bond donors (Lipinski definition) is 0. The lowest BCUT2D eigenvalue weighted by molar-refractivity contribution is 0.551. The number of rotatable bonds is 0. The summed E-state index contributed by atoms with van der Waals surface area (Å²) >= 11 is 10.9. The molecule has 1 aromatic heterocycles. The predicted octanol–water partition coefficient (Wildman–Crippen LogP) is 2.77. The molecule has 1 aromatic rings. The van der Waals surface area contributed by atoms with Crippen LogP contribution in [0.1, 0.15) is 5.76 Å². The standard InChI is InChI=1S/C5H3Cl2O/c1-3-2-4(6)5(7)8-3/h2H,1H2. The highest BCUT2D eigenvalue weighted by Crippen LogP contribution is 2.24. The lowest BCUT2D eigenvalue weighted by Gasteiger charge is -1.75. The summed E-state index contributed by atoms with van der Waals surface area (Å²) in [5.41, 5.74) is 0. The fourth-order valence-corrected chi connectivity index (χ4v) is 0.705. The molecule has 0 fully saturated rings. The van der Waals surface area contributed by atoms with Gasteiger partial charge in [-0.1, -0.05) is 11.6 Å². The van der Waals surface area contributed by atoms with Gasteiger partial charge in [0.1, 0.15) is 5.76 Å². The molecule has 0 amide bonds. The van der Waals surface area contributed by atoms with Gasteiger partial charge in [0.15, 0.2) is 0 Å². The van der Waals surface area contributed by atoms with E-state index >= 15 is 0 Å². The van der Waals surface area contributed by atoms with Crippen LogP contribution in [-0.4, -0.2) is 0 Å². The molecule has 43 valence electrons. The molecule has 0 aliphatic rings. The lowest BCUT2D eigenvalue weighted by atomic mass is 10.5. The van der Waals surface area contributed by atoms with Crippen molar-refractivity contribution in [2.24, 2.45) is 0 Å². The number of furan rings is 1. The monoisotopic (exact) mass is 149 g/mol. The van der Waals surface area contributed by atoms with Gasteiger partial charge in [0, 0.05) is 6.92 Å². The molecule has 1 radical (unpaired) electrons. The molecule has 0 aromatic carbocycles. The van der Waals surface area contributed by atoms with Crippen molar-refractivity contribution < 1.29 is 4.42 Å². The third-order valence-electron chi connectivity index (χ3n) is 0.696. The summed E-state index contributed by atoms with van der Waals surface area (Å²) in [4.78, 5) is 0. The molecule has 1 heterocycles. The van der Waals surface area contributed by atoms with Crippen molar-refractivity contribution in [1.29, 1.82) is 0 Å². The Hall–Kier alpha value is -0.140. The van der Waals surface area contributed by atoms with Gasteiger partial charge in [-0.2, -0.15) is 0 Å². The van der Waals surface area contributed by atoms with Gasteiger partial charge < -0.3 is 4.42 Å². The summed E-state index contributed by atoms with van der Waals surface area (Å²) in [5, 5.41) is 0.619. The highest BCUT2D eigenvalue weighted by Gasteiger charge is 2.00. The van der Waals surface area contributed by atoms with E-state index in [4.69, 9.17) is 27.6 Å². The van der Waals surface area contributed by atoms with Crippen LogP contribution in [0.2, 0.25) is 10.2 Å². The molecule has 0 aliphatic heterocycles. The first-order valence-corrected chi connectivity index (χ1v) is 2.72. The van der Waals surface area contributed by atoms with Gasteiger partial charge in [0.2, 0.25) is 5.22 Å². The smallest absolute Gasteiger partial charge is 0.212 e. The Morgan fingerprint density at radius 1 is 1.50 bits per heavy atom. The average molecular weight is 150 g/mol. The van der Waals surface area contributed by atoms with Gasteiger partial charge >= 0.3 is 0 Å². The third-order valence-corrected chi connectivity index (χ3v) is 1.35. The van der Waals surface area contributed by atoms with E-state index in [1.807, 2.05) is 0 Å². The summed E-state index contributed by atoms with van der Waals surface area (Å²) < 4.78 is 4.74. The van der Waals surface area contributed by atoms with Crippen LogP contribution < -0.4 is 0 Å². The minimum atomic E-state index is 0.205. The average Bonchev–Trinajstić information content (AvgIpc) is 1.85. The van der Waals surface area contributed by atoms with Crippen LogP contribution in [0.15, 0.2) is 10.5 Å². The zero-order chi connectivity index (χ0) is 6.15. The van der Waals surface area contributed by atoms with Gasteiger partial charge in [-0.3, -0.25) is 0 Å². The van der Waals surface area contributed by atoms with E-state index in [-0.39, 0.29) is 5.22 Å². The van der Waals surface area contributed by atoms with Gasteiger partial charge in [0.25, 0.3) is 0 Å². The first-order valence-electron chi connectivity index (χ1n) is 1.97. The summed E-state index contributed by atoms with van der Waals surface area (Å²) in [5.74, 6) is 0.486. The zero-order valence-electron chi connectivity index (χ0n) is 3.95. The van der Waals surface area contributed by atoms with E-state index in [9.17, 15) is 0 Å². The van der Waals surface area contributed by atoms with Crippen LogP contribution in [-0.2, 0) is 0 Å². The van der Waals surface area contributed by atoms with Crippen molar-refractivity contribution >= 4 is 23.2 Å². The highest BCUT2D eigenvalue weighted by atomic mass is 35.5. The van der Waals surface area contributed by atoms with Crippen LogP contribution >= 0.6 is 23.2 Å². The van der Waals surface area contributed by atoms with Crippen molar-refractivity contribution in [3.63, 3.8) is 0 Å². The van der Waals surface area contributed by atoms with Gasteiger partial charge in [-0.25, -0.2) is 0 Å². The summed E-state index contributed by atoms with van der Waals surface area (Å²) in [6, 6.07) is 1.56. The second-order valence-electron chi connectivity index (χ2n) is 1.33. The molecule has 0 saturated carbocycles. The Kier molecular flexibility index (Phi) is 1.49. The zero-order valence-corrected chi connectivity index (χ0v) is 5.46. The first-order chi connectivity index (χ1) is 3.70. The summed E-state index contributed by atoms with van der Waals surface area (Å²) in [6.45, 7) is 3.47. The lowest BCUT2D eigenvalue weighted by Crippen LogP contribution is -1.50. The number of hydrogen-bond acceptors (Lipinski definition) is 1.